The summed E-state index contributed by atoms with van der Waals surface area (Å²) in [5.74, 6) is 2.32. The van der Waals surface area contributed by atoms with Gasteiger partial charge >= 0.3 is 0 Å². The normalized spacial score (nSPS) is 21.1. The third-order valence-electron chi connectivity index (χ3n) is 15.7. The molecule has 12 rings (SSSR count). The molecule has 5 heterocycles. The maximum Gasteiger partial charge on any atom is 0.297 e. The molecule has 0 atom stereocenters. The fourth-order valence-corrected chi connectivity index (χ4v) is 13.8. The summed E-state index contributed by atoms with van der Waals surface area (Å²) in [6, 6.07) is 43.2. The van der Waals surface area contributed by atoms with Crippen molar-refractivity contribution in [1.29, 1.82) is 0 Å². The predicted molar refractivity (Wildman–Crippen MR) is 264 cm³/mol. The fourth-order valence-electron chi connectivity index (χ4n) is 12.8. The second-order valence-electron chi connectivity index (χ2n) is 19.5. The van der Waals surface area contributed by atoms with E-state index in [2.05, 4.69) is 170 Å². The third-order valence-corrected chi connectivity index (χ3v) is 16.7. The van der Waals surface area contributed by atoms with Crippen LogP contribution in [0.15, 0.2) is 142 Å². The molecule has 0 bridgehead atoms. The van der Waals surface area contributed by atoms with Crippen molar-refractivity contribution in [3.63, 3.8) is 0 Å². The molecule has 62 heavy (non-hydrogen) atoms. The van der Waals surface area contributed by atoms with Gasteiger partial charge in [-0.15, -0.1) is 11.8 Å². The number of furan rings is 1. The van der Waals surface area contributed by atoms with E-state index in [1.54, 1.807) is 11.1 Å². The van der Waals surface area contributed by atoms with E-state index in [1.165, 1.54) is 119 Å². The zero-order valence-electron chi connectivity index (χ0n) is 36.7. The van der Waals surface area contributed by atoms with Crippen molar-refractivity contribution >= 4 is 80.6 Å². The van der Waals surface area contributed by atoms with Crippen LogP contribution in [0.1, 0.15) is 113 Å². The molecule has 0 unspecified atom stereocenters. The van der Waals surface area contributed by atoms with E-state index >= 15 is 0 Å². The minimum Gasteiger partial charge on any atom is -0.452 e. The molecule has 1 spiro atoms. The Morgan fingerprint density at radius 3 is 2.15 bits per heavy atom. The van der Waals surface area contributed by atoms with E-state index in [9.17, 15) is 0 Å². The zero-order valence-corrected chi connectivity index (χ0v) is 37.5. The van der Waals surface area contributed by atoms with E-state index < -0.39 is 0 Å². The van der Waals surface area contributed by atoms with Gasteiger partial charge in [0.05, 0.1) is 5.69 Å². The SMILES string of the molecule is C/C1=C\C(N2c3cc(N(c4ccccc4)c4ccccc4)oc3B3c4cc(C5CCCCC5)cc5c4N(c4cc(C)cc2c43)C(C)(C)C52CCCCC2)=C/CSc2ccccc21. The number of benzene rings is 5. The predicted octanol–water partition coefficient (Wildman–Crippen LogP) is 13.6. The Kier molecular flexibility index (Phi) is 9.05. The maximum absolute atomic E-state index is 7.66. The number of aryl methyl sites for hydroxylation is 1. The summed E-state index contributed by atoms with van der Waals surface area (Å²) < 4.78 is 7.66. The van der Waals surface area contributed by atoms with Crippen LogP contribution in [0.2, 0.25) is 0 Å². The van der Waals surface area contributed by atoms with Crippen LogP contribution in [0.25, 0.3) is 5.57 Å². The summed E-state index contributed by atoms with van der Waals surface area (Å²) in [7, 11) is 0. The molecule has 4 nitrogen and oxygen atoms in total. The largest absolute Gasteiger partial charge is 0.452 e. The number of hydrogen-bond acceptors (Lipinski definition) is 5. The van der Waals surface area contributed by atoms with Crippen LogP contribution in [-0.2, 0) is 5.41 Å². The highest BCUT2D eigenvalue weighted by Gasteiger charge is 2.61. The van der Waals surface area contributed by atoms with Crippen molar-refractivity contribution in [3.8, 4) is 0 Å². The number of rotatable bonds is 5. The number of nitrogens with zero attached hydrogens (tertiary/aromatic N) is 3. The monoisotopic (exact) mass is 829 g/mol. The molecular weight excluding hydrogens is 774 g/mol. The lowest BCUT2D eigenvalue weighted by Crippen LogP contribution is -2.64. The Bertz CT molecular complexity index is 2750. The first kappa shape index (κ1) is 38.4. The van der Waals surface area contributed by atoms with Gasteiger partial charge < -0.3 is 14.2 Å². The molecule has 6 aliphatic rings. The molecule has 2 fully saturated rings. The Hall–Kier alpha value is -5.33. The molecule has 6 aromatic rings. The molecule has 6 heteroatoms. The quantitative estimate of drug-likeness (QED) is 0.161. The third kappa shape index (κ3) is 5.67. The van der Waals surface area contributed by atoms with Crippen LogP contribution in [0.4, 0.5) is 40.0 Å². The molecule has 310 valence electrons. The van der Waals surface area contributed by atoms with Gasteiger partial charge in [-0.2, -0.15) is 0 Å². The lowest BCUT2D eigenvalue weighted by molar-refractivity contribution is 0.199. The fraction of sp³-hybridized carbons (Fsp3) is 0.321. The summed E-state index contributed by atoms with van der Waals surface area (Å²) >= 11 is 1.93. The van der Waals surface area contributed by atoms with Gasteiger partial charge in [-0.3, -0.25) is 4.90 Å². The highest BCUT2D eigenvalue weighted by molar-refractivity contribution is 7.99. The van der Waals surface area contributed by atoms with Crippen molar-refractivity contribution < 1.29 is 4.42 Å². The highest BCUT2D eigenvalue weighted by atomic mass is 32.2. The number of para-hydroxylation sites is 2. The second kappa shape index (κ2) is 14.6. The molecule has 5 aromatic carbocycles. The maximum atomic E-state index is 7.66. The van der Waals surface area contributed by atoms with E-state index in [0.717, 1.165) is 34.4 Å². The van der Waals surface area contributed by atoms with Crippen LogP contribution in [-0.4, -0.2) is 18.0 Å². The molecule has 0 amide bonds. The van der Waals surface area contributed by atoms with Gasteiger partial charge in [0.25, 0.3) is 6.71 Å². The Labute approximate surface area is 372 Å². The first-order valence-electron chi connectivity index (χ1n) is 23.4. The van der Waals surface area contributed by atoms with Gasteiger partial charge in [-0.1, -0.05) is 111 Å². The van der Waals surface area contributed by atoms with Crippen molar-refractivity contribution in [2.24, 2.45) is 0 Å². The van der Waals surface area contributed by atoms with Gasteiger partial charge in [0, 0.05) is 61.8 Å². The molecule has 0 N–H and O–H groups in total. The Morgan fingerprint density at radius 2 is 1.40 bits per heavy atom. The summed E-state index contributed by atoms with van der Waals surface area (Å²) in [4.78, 5) is 9.08. The topological polar surface area (TPSA) is 22.9 Å². The van der Waals surface area contributed by atoms with Crippen molar-refractivity contribution in [2.45, 2.75) is 114 Å². The van der Waals surface area contributed by atoms with E-state index in [0.29, 0.717) is 5.92 Å². The smallest absolute Gasteiger partial charge is 0.297 e. The van der Waals surface area contributed by atoms with E-state index in [-0.39, 0.29) is 17.7 Å². The molecule has 0 saturated heterocycles. The average molecular weight is 830 g/mol. The average Bonchev–Trinajstić information content (AvgIpc) is 3.80. The second-order valence-corrected chi connectivity index (χ2v) is 20.5. The van der Waals surface area contributed by atoms with Crippen LogP contribution >= 0.6 is 11.8 Å². The van der Waals surface area contributed by atoms with Crippen LogP contribution in [0.3, 0.4) is 0 Å². The number of allylic oxidation sites excluding steroid dienone is 2. The molecule has 2 aliphatic carbocycles. The van der Waals surface area contributed by atoms with Gasteiger partial charge in [0.1, 0.15) is 5.66 Å². The summed E-state index contributed by atoms with van der Waals surface area (Å²) in [5, 5.41) is 0. The van der Waals surface area contributed by atoms with Gasteiger partial charge in [0.15, 0.2) is 0 Å². The standard InChI is InChI=1S/C56H56BN3OS/c1-37-31-47-52-48(32-37)60-53-45(56(55(60,3)4)28-17-8-18-29-56)34-40(39-19-9-5-10-20-39)35-46(53)57(52)54-49(59(47)43-27-30-62-50-26-16-15-25-44(50)38(2)33-43)36-51(61-54)58(41-21-11-6-12-22-41)42-23-13-7-14-24-42/h6-7,11-16,21-27,31-36,39H,5,8-10,17-20,28-30H2,1-4H3/b38-33+,43-27+. The highest BCUT2D eigenvalue weighted by Crippen LogP contribution is 2.62. The van der Waals surface area contributed by atoms with Gasteiger partial charge in [-0.05, 0) is 147 Å². The number of fused-ring (bicyclic) bond motifs is 6. The van der Waals surface area contributed by atoms with Gasteiger partial charge in [-0.25, -0.2) is 0 Å². The first-order chi connectivity index (χ1) is 30.3. The number of thioether (sulfide) groups is 1. The number of hydrogen-bond donors (Lipinski definition) is 0. The first-order valence-corrected chi connectivity index (χ1v) is 24.4. The van der Waals surface area contributed by atoms with Crippen LogP contribution in [0, 0.1) is 6.92 Å². The van der Waals surface area contributed by atoms with E-state index in [4.69, 9.17) is 4.42 Å². The molecule has 1 aromatic heterocycles. The van der Waals surface area contributed by atoms with Crippen molar-refractivity contribution in [1.82, 2.24) is 0 Å². The van der Waals surface area contributed by atoms with Crippen molar-refractivity contribution in [3.05, 3.63) is 155 Å². The minimum atomic E-state index is -0.102. The summed E-state index contributed by atoms with van der Waals surface area (Å²) in [6.07, 6.45) is 17.9. The Morgan fingerprint density at radius 1 is 0.726 bits per heavy atom. The lowest BCUT2D eigenvalue weighted by atomic mass is 9.35. The minimum absolute atomic E-state index is 0.0496. The molecule has 0 radical (unpaired) electrons. The number of anilines is 7. The lowest BCUT2D eigenvalue weighted by Gasteiger charge is -2.50. The summed E-state index contributed by atoms with van der Waals surface area (Å²) in [5.41, 5.74) is 19.5. The molecule has 2 saturated carbocycles. The van der Waals surface area contributed by atoms with Gasteiger partial charge in [0.2, 0.25) is 5.88 Å². The van der Waals surface area contributed by atoms with Crippen LogP contribution < -0.4 is 31.3 Å². The Balaban J connectivity index is 1.16. The zero-order chi connectivity index (χ0) is 41.7. The molecular formula is C56H56BN3OS. The van der Waals surface area contributed by atoms with Crippen molar-refractivity contribution in [2.75, 3.05) is 20.5 Å². The molecule has 4 aliphatic heterocycles. The van der Waals surface area contributed by atoms with E-state index in [1.807, 2.05) is 11.8 Å². The van der Waals surface area contributed by atoms with Crippen LogP contribution in [0.5, 0.6) is 0 Å². The summed E-state index contributed by atoms with van der Waals surface area (Å²) in [6.45, 7) is 9.72.